The first kappa shape index (κ1) is 20.0. The van der Waals surface area contributed by atoms with E-state index in [-0.39, 0.29) is 6.10 Å². The molecule has 0 heterocycles. The van der Waals surface area contributed by atoms with Crippen LogP contribution in [-0.4, -0.2) is 22.3 Å². The van der Waals surface area contributed by atoms with Gasteiger partial charge in [-0.05, 0) is 37.5 Å². The molecule has 0 unspecified atom stereocenters. The quantitative estimate of drug-likeness (QED) is 0.298. The van der Waals surface area contributed by atoms with E-state index >= 15 is 0 Å². The van der Waals surface area contributed by atoms with Crippen LogP contribution in [0.15, 0.2) is 24.3 Å². The zero-order valence-corrected chi connectivity index (χ0v) is 14.6. The Morgan fingerprint density at radius 2 is 1.78 bits per heavy atom. The minimum atomic E-state index is -0.917. The van der Waals surface area contributed by atoms with Gasteiger partial charge in [0.2, 0.25) is 0 Å². The lowest BCUT2D eigenvalue weighted by molar-refractivity contribution is -0.131. The highest BCUT2D eigenvalue weighted by Crippen LogP contribution is 2.38. The van der Waals surface area contributed by atoms with E-state index in [0.717, 1.165) is 25.3 Å². The predicted molar refractivity (Wildman–Crippen MR) is 95.4 cm³/mol. The molecule has 1 rings (SSSR count). The van der Waals surface area contributed by atoms with Gasteiger partial charge in [-0.3, -0.25) is 0 Å². The van der Waals surface area contributed by atoms with Crippen LogP contribution in [0, 0.1) is 11.8 Å². The molecule has 3 nitrogen and oxygen atoms in total. The molecule has 0 aromatic carbocycles. The number of carboxylic acids is 1. The predicted octanol–water partition coefficient (Wildman–Crippen LogP) is 5.10. The highest BCUT2D eigenvalue weighted by molar-refractivity contribution is 5.80. The molecule has 1 aliphatic carbocycles. The molecule has 1 fully saturated rings. The standard InChI is InChI=1S/C20H34O3/c1-2-3-4-5-6-9-12-17-15-16-19(21)18(17)13-10-7-8-11-14-20(22)23/h7-8,11,14,17-19,21H,2-6,9-10,12-13,15-16H2,1H3,(H,22,23)/t17-,18+,19-/m0/s1. The maximum absolute atomic E-state index is 10.4. The average Bonchev–Trinajstić information content (AvgIpc) is 2.86. The fourth-order valence-electron chi connectivity index (χ4n) is 3.70. The smallest absolute Gasteiger partial charge is 0.328 e. The Bertz CT molecular complexity index is 373. The Morgan fingerprint density at radius 1 is 1.04 bits per heavy atom. The first-order valence-corrected chi connectivity index (χ1v) is 9.39. The largest absolute Gasteiger partial charge is 0.478 e. The number of carboxylic acid groups (broad SMARTS) is 1. The second kappa shape index (κ2) is 12.3. The summed E-state index contributed by atoms with van der Waals surface area (Å²) in [6, 6.07) is 0. The van der Waals surface area contributed by atoms with Crippen LogP contribution in [0.2, 0.25) is 0 Å². The van der Waals surface area contributed by atoms with Gasteiger partial charge < -0.3 is 10.2 Å². The molecule has 0 aliphatic heterocycles. The Morgan fingerprint density at radius 3 is 2.52 bits per heavy atom. The van der Waals surface area contributed by atoms with Crippen molar-refractivity contribution in [2.75, 3.05) is 0 Å². The van der Waals surface area contributed by atoms with Crippen molar-refractivity contribution in [3.8, 4) is 0 Å². The number of aliphatic hydroxyl groups is 1. The molecule has 0 bridgehead atoms. The van der Waals surface area contributed by atoms with Gasteiger partial charge in [0, 0.05) is 6.08 Å². The molecule has 3 atom stereocenters. The first-order chi connectivity index (χ1) is 11.1. The highest BCUT2D eigenvalue weighted by Gasteiger charge is 2.33. The summed E-state index contributed by atoms with van der Waals surface area (Å²) in [5, 5.41) is 18.7. The van der Waals surface area contributed by atoms with Crippen LogP contribution in [0.1, 0.15) is 77.6 Å². The van der Waals surface area contributed by atoms with Crippen LogP contribution in [0.4, 0.5) is 0 Å². The number of aliphatic carboxylic acids is 1. The zero-order valence-electron chi connectivity index (χ0n) is 14.6. The van der Waals surface area contributed by atoms with Crippen molar-refractivity contribution in [1.29, 1.82) is 0 Å². The van der Waals surface area contributed by atoms with Gasteiger partial charge in [0.1, 0.15) is 0 Å². The van der Waals surface area contributed by atoms with Crippen molar-refractivity contribution in [2.24, 2.45) is 11.8 Å². The van der Waals surface area contributed by atoms with Crippen LogP contribution in [0.3, 0.4) is 0 Å². The van der Waals surface area contributed by atoms with E-state index in [2.05, 4.69) is 6.92 Å². The topological polar surface area (TPSA) is 57.5 Å². The number of hydrogen-bond donors (Lipinski definition) is 2. The third kappa shape index (κ3) is 8.95. The minimum absolute atomic E-state index is 0.136. The number of hydrogen-bond acceptors (Lipinski definition) is 2. The molecule has 0 radical (unpaired) electrons. The molecule has 1 saturated carbocycles. The molecule has 0 aromatic heterocycles. The summed E-state index contributed by atoms with van der Waals surface area (Å²) >= 11 is 0. The van der Waals surface area contributed by atoms with Crippen molar-refractivity contribution in [2.45, 2.75) is 83.7 Å². The van der Waals surface area contributed by atoms with Gasteiger partial charge in [0.15, 0.2) is 0 Å². The lowest BCUT2D eigenvalue weighted by Gasteiger charge is -2.21. The van der Waals surface area contributed by atoms with Gasteiger partial charge in [-0.1, -0.05) is 70.1 Å². The monoisotopic (exact) mass is 322 g/mol. The van der Waals surface area contributed by atoms with Crippen molar-refractivity contribution >= 4 is 5.97 Å². The van der Waals surface area contributed by atoms with Crippen LogP contribution in [0.5, 0.6) is 0 Å². The Hall–Kier alpha value is -1.09. The van der Waals surface area contributed by atoms with Gasteiger partial charge >= 0.3 is 5.97 Å². The molecule has 0 aromatic rings. The fraction of sp³-hybridized carbons (Fsp3) is 0.750. The van der Waals surface area contributed by atoms with E-state index in [1.807, 2.05) is 6.08 Å². The number of carbonyl (C=O) groups is 1. The third-order valence-electron chi connectivity index (χ3n) is 5.01. The fourth-order valence-corrected chi connectivity index (χ4v) is 3.70. The SMILES string of the molecule is CCCCCCCC[C@H]1CC[C@H](O)[C@@H]1CCC=CC=CC(=O)O. The molecule has 132 valence electrons. The van der Waals surface area contributed by atoms with E-state index in [1.165, 1.54) is 51.4 Å². The molecular formula is C20H34O3. The van der Waals surface area contributed by atoms with Crippen molar-refractivity contribution < 1.29 is 15.0 Å². The highest BCUT2D eigenvalue weighted by atomic mass is 16.4. The Balaban J connectivity index is 2.21. The first-order valence-electron chi connectivity index (χ1n) is 9.39. The molecule has 2 N–H and O–H groups in total. The summed E-state index contributed by atoms with van der Waals surface area (Å²) in [7, 11) is 0. The summed E-state index contributed by atoms with van der Waals surface area (Å²) in [4.78, 5) is 10.4. The summed E-state index contributed by atoms with van der Waals surface area (Å²) in [6.07, 6.45) is 19.7. The molecule has 0 spiro atoms. The maximum Gasteiger partial charge on any atom is 0.328 e. The second-order valence-electron chi connectivity index (χ2n) is 6.83. The van der Waals surface area contributed by atoms with E-state index in [4.69, 9.17) is 5.11 Å². The Labute approximate surface area is 141 Å². The van der Waals surface area contributed by atoms with Gasteiger partial charge in [-0.15, -0.1) is 0 Å². The average molecular weight is 322 g/mol. The summed E-state index contributed by atoms with van der Waals surface area (Å²) < 4.78 is 0. The van der Waals surface area contributed by atoms with E-state index < -0.39 is 5.97 Å². The van der Waals surface area contributed by atoms with Crippen molar-refractivity contribution in [3.05, 3.63) is 24.3 Å². The molecule has 0 amide bonds. The van der Waals surface area contributed by atoms with Gasteiger partial charge in [0.25, 0.3) is 0 Å². The molecular weight excluding hydrogens is 288 g/mol. The molecule has 23 heavy (non-hydrogen) atoms. The lowest BCUT2D eigenvalue weighted by Crippen LogP contribution is -2.19. The molecule has 0 saturated heterocycles. The molecule has 1 aliphatic rings. The van der Waals surface area contributed by atoms with Crippen molar-refractivity contribution in [1.82, 2.24) is 0 Å². The maximum atomic E-state index is 10.4. The molecule has 3 heteroatoms. The van der Waals surface area contributed by atoms with E-state index in [9.17, 15) is 9.90 Å². The normalized spacial score (nSPS) is 24.9. The van der Waals surface area contributed by atoms with Crippen LogP contribution < -0.4 is 0 Å². The van der Waals surface area contributed by atoms with Crippen LogP contribution in [0.25, 0.3) is 0 Å². The number of aliphatic hydroxyl groups excluding tert-OH is 1. The van der Waals surface area contributed by atoms with Gasteiger partial charge in [0.05, 0.1) is 6.10 Å². The summed E-state index contributed by atoms with van der Waals surface area (Å²) in [5.74, 6) is 0.192. The lowest BCUT2D eigenvalue weighted by atomic mass is 9.86. The van der Waals surface area contributed by atoms with Gasteiger partial charge in [-0.2, -0.15) is 0 Å². The Kier molecular flexibility index (Phi) is 10.7. The number of allylic oxidation sites excluding steroid dienone is 3. The number of rotatable bonds is 12. The summed E-state index contributed by atoms with van der Waals surface area (Å²) in [6.45, 7) is 2.25. The minimum Gasteiger partial charge on any atom is -0.478 e. The third-order valence-corrected chi connectivity index (χ3v) is 5.01. The second-order valence-corrected chi connectivity index (χ2v) is 6.83. The van der Waals surface area contributed by atoms with Gasteiger partial charge in [-0.25, -0.2) is 4.79 Å². The number of unbranched alkanes of at least 4 members (excludes halogenated alkanes) is 5. The van der Waals surface area contributed by atoms with Crippen LogP contribution >= 0.6 is 0 Å². The van der Waals surface area contributed by atoms with E-state index in [1.54, 1.807) is 12.2 Å². The van der Waals surface area contributed by atoms with Crippen molar-refractivity contribution in [3.63, 3.8) is 0 Å². The van der Waals surface area contributed by atoms with Crippen LogP contribution in [-0.2, 0) is 4.79 Å². The van der Waals surface area contributed by atoms with E-state index in [0.29, 0.717) is 11.8 Å². The zero-order chi connectivity index (χ0) is 16.9. The summed E-state index contributed by atoms with van der Waals surface area (Å²) in [5.41, 5.74) is 0.